The van der Waals surface area contributed by atoms with Crippen LogP contribution >= 0.6 is 11.6 Å². The molecule has 0 unspecified atom stereocenters. The van der Waals surface area contributed by atoms with Crippen molar-refractivity contribution < 1.29 is 14.3 Å². The van der Waals surface area contributed by atoms with E-state index in [4.69, 9.17) is 11.6 Å². The minimum atomic E-state index is -0.471. The summed E-state index contributed by atoms with van der Waals surface area (Å²) in [7, 11) is 0. The van der Waals surface area contributed by atoms with Crippen LogP contribution in [-0.4, -0.2) is 18.5 Å². The van der Waals surface area contributed by atoms with Crippen LogP contribution in [0.4, 0.5) is 0 Å². The van der Waals surface area contributed by atoms with Gasteiger partial charge in [0.25, 0.3) is 5.91 Å². The fraction of sp³-hybridized carbons (Fsp3) is 0.273. The quantitative estimate of drug-likeness (QED) is 0.814. The van der Waals surface area contributed by atoms with E-state index >= 15 is 0 Å². The molecule has 1 rings (SSSR count). The Balaban J connectivity index is 2.31. The Morgan fingerprint density at radius 1 is 1.31 bits per heavy atom. The molecule has 0 atom stereocenters. The second kappa shape index (κ2) is 6.12. The lowest BCUT2D eigenvalue weighted by atomic mass is 10.2. The lowest BCUT2D eigenvalue weighted by Gasteiger charge is -2.05. The number of carbonyl (C=O) groups excluding carboxylic acids is 2. The minimum absolute atomic E-state index is 0.247. The van der Waals surface area contributed by atoms with Crippen molar-refractivity contribution in [3.8, 4) is 0 Å². The van der Waals surface area contributed by atoms with E-state index in [2.05, 4.69) is 10.1 Å². The second-order valence-electron chi connectivity index (χ2n) is 3.18. The Morgan fingerprint density at radius 3 is 2.50 bits per heavy atom. The molecule has 86 valence electrons. The molecular weight excluding hydrogens is 230 g/mol. The van der Waals surface area contributed by atoms with E-state index in [0.29, 0.717) is 11.6 Å². The van der Waals surface area contributed by atoms with Gasteiger partial charge in [0.05, 0.1) is 0 Å². The number of amides is 1. The van der Waals surface area contributed by atoms with Crippen molar-refractivity contribution in [3.63, 3.8) is 0 Å². The highest BCUT2D eigenvalue weighted by Crippen LogP contribution is 2.08. The van der Waals surface area contributed by atoms with E-state index < -0.39 is 5.97 Å². The highest BCUT2D eigenvalue weighted by atomic mass is 35.5. The normalized spacial score (nSPS) is 9.62. The summed E-state index contributed by atoms with van der Waals surface area (Å²) in [5.41, 5.74) is 0.931. The van der Waals surface area contributed by atoms with Crippen molar-refractivity contribution in [1.29, 1.82) is 0 Å². The molecule has 16 heavy (non-hydrogen) atoms. The monoisotopic (exact) mass is 241 g/mol. The van der Waals surface area contributed by atoms with E-state index in [1.54, 1.807) is 12.1 Å². The Hall–Kier alpha value is -1.55. The summed E-state index contributed by atoms with van der Waals surface area (Å²) in [4.78, 5) is 21.6. The van der Waals surface area contributed by atoms with Gasteiger partial charge in [-0.2, -0.15) is 0 Å². The van der Waals surface area contributed by atoms with Crippen molar-refractivity contribution >= 4 is 23.5 Å². The number of rotatable bonds is 4. The maximum Gasteiger partial charge on any atom is 0.303 e. The predicted molar refractivity (Wildman–Crippen MR) is 59.9 cm³/mol. The molecule has 0 radical (unpaired) electrons. The highest BCUT2D eigenvalue weighted by molar-refractivity contribution is 6.30. The van der Waals surface area contributed by atoms with Crippen LogP contribution in [0.5, 0.6) is 0 Å². The maximum absolute atomic E-state index is 11.2. The lowest BCUT2D eigenvalue weighted by molar-refractivity contribution is -0.146. The standard InChI is InChI=1S/C11H12ClNO3/c1-8(14)16-7-11(15)13-6-9-2-4-10(12)5-3-9/h2-5H,6-7H2,1H3,(H,13,15). The zero-order valence-electron chi connectivity index (χ0n) is 8.83. The molecule has 0 bridgehead atoms. The molecule has 0 heterocycles. The van der Waals surface area contributed by atoms with Crippen LogP contribution in [0.3, 0.4) is 0 Å². The summed E-state index contributed by atoms with van der Waals surface area (Å²) < 4.78 is 4.54. The topological polar surface area (TPSA) is 55.4 Å². The van der Waals surface area contributed by atoms with Gasteiger partial charge in [0.1, 0.15) is 0 Å². The number of ether oxygens (including phenoxy) is 1. The van der Waals surface area contributed by atoms with Crippen molar-refractivity contribution in [1.82, 2.24) is 5.32 Å². The third-order valence-electron chi connectivity index (χ3n) is 1.81. The first-order valence-corrected chi connectivity index (χ1v) is 5.10. The predicted octanol–water partition coefficient (Wildman–Crippen LogP) is 1.52. The largest absolute Gasteiger partial charge is 0.456 e. The molecule has 0 spiro atoms. The smallest absolute Gasteiger partial charge is 0.303 e. The first kappa shape index (κ1) is 12.5. The van der Waals surface area contributed by atoms with Gasteiger partial charge in [0, 0.05) is 18.5 Å². The third kappa shape index (κ3) is 4.79. The Bertz CT molecular complexity index is 375. The summed E-state index contributed by atoms with van der Waals surface area (Å²) in [6.45, 7) is 1.40. The summed E-state index contributed by atoms with van der Waals surface area (Å²) >= 11 is 5.71. The van der Waals surface area contributed by atoms with E-state index in [1.807, 2.05) is 12.1 Å². The molecule has 0 aliphatic heterocycles. The minimum Gasteiger partial charge on any atom is -0.456 e. The first-order valence-electron chi connectivity index (χ1n) is 4.72. The van der Waals surface area contributed by atoms with Crippen LogP contribution in [0.25, 0.3) is 0 Å². The number of hydrogen-bond acceptors (Lipinski definition) is 3. The van der Waals surface area contributed by atoms with Crippen LogP contribution in [0.15, 0.2) is 24.3 Å². The van der Waals surface area contributed by atoms with E-state index in [-0.39, 0.29) is 12.5 Å². The average molecular weight is 242 g/mol. The fourth-order valence-corrected chi connectivity index (χ4v) is 1.15. The molecule has 1 aromatic carbocycles. The zero-order chi connectivity index (χ0) is 12.0. The van der Waals surface area contributed by atoms with Crippen LogP contribution in [0.1, 0.15) is 12.5 Å². The van der Waals surface area contributed by atoms with Crippen LogP contribution in [-0.2, 0) is 20.9 Å². The molecule has 1 amide bonds. The molecule has 0 aromatic heterocycles. The number of esters is 1. The summed E-state index contributed by atoms with van der Waals surface area (Å²) in [5.74, 6) is -0.799. The molecule has 0 aliphatic carbocycles. The molecule has 0 aliphatic rings. The van der Waals surface area contributed by atoms with Crippen LogP contribution in [0, 0.1) is 0 Å². The number of carbonyl (C=O) groups is 2. The van der Waals surface area contributed by atoms with Crippen molar-refractivity contribution in [3.05, 3.63) is 34.9 Å². The Labute approximate surface area is 98.5 Å². The Kier molecular flexibility index (Phi) is 4.79. The fourth-order valence-electron chi connectivity index (χ4n) is 1.02. The number of nitrogens with one attached hydrogen (secondary N) is 1. The first-order chi connectivity index (χ1) is 7.58. The van der Waals surface area contributed by atoms with Gasteiger partial charge in [0.15, 0.2) is 6.61 Å². The average Bonchev–Trinajstić information content (AvgIpc) is 2.25. The molecule has 1 aromatic rings. The number of hydrogen-bond donors (Lipinski definition) is 1. The summed E-state index contributed by atoms with van der Waals surface area (Å²) in [6.07, 6.45) is 0. The molecule has 5 heteroatoms. The molecule has 0 saturated carbocycles. The SMILES string of the molecule is CC(=O)OCC(=O)NCc1ccc(Cl)cc1. The summed E-state index contributed by atoms with van der Waals surface area (Å²) in [6, 6.07) is 7.12. The van der Waals surface area contributed by atoms with Gasteiger partial charge in [-0.3, -0.25) is 9.59 Å². The molecule has 0 fully saturated rings. The van der Waals surface area contributed by atoms with Crippen molar-refractivity contribution in [2.24, 2.45) is 0 Å². The van der Waals surface area contributed by atoms with E-state index in [1.165, 1.54) is 6.92 Å². The molecule has 0 saturated heterocycles. The van der Waals surface area contributed by atoms with Gasteiger partial charge in [-0.25, -0.2) is 0 Å². The van der Waals surface area contributed by atoms with Gasteiger partial charge in [0.2, 0.25) is 0 Å². The summed E-state index contributed by atoms with van der Waals surface area (Å²) in [5, 5.41) is 3.26. The van der Waals surface area contributed by atoms with Gasteiger partial charge < -0.3 is 10.1 Å². The zero-order valence-corrected chi connectivity index (χ0v) is 9.58. The van der Waals surface area contributed by atoms with Gasteiger partial charge in [-0.15, -0.1) is 0 Å². The molecular formula is C11H12ClNO3. The Morgan fingerprint density at radius 2 is 1.94 bits per heavy atom. The van der Waals surface area contributed by atoms with E-state index in [9.17, 15) is 9.59 Å². The van der Waals surface area contributed by atoms with Crippen molar-refractivity contribution in [2.45, 2.75) is 13.5 Å². The lowest BCUT2D eigenvalue weighted by Crippen LogP contribution is -2.27. The van der Waals surface area contributed by atoms with Crippen LogP contribution in [0.2, 0.25) is 5.02 Å². The van der Waals surface area contributed by atoms with Gasteiger partial charge in [-0.1, -0.05) is 23.7 Å². The van der Waals surface area contributed by atoms with Gasteiger partial charge in [-0.05, 0) is 17.7 Å². The molecule has 4 nitrogen and oxygen atoms in total. The van der Waals surface area contributed by atoms with Crippen molar-refractivity contribution in [2.75, 3.05) is 6.61 Å². The van der Waals surface area contributed by atoms with Gasteiger partial charge >= 0.3 is 5.97 Å². The number of benzene rings is 1. The van der Waals surface area contributed by atoms with E-state index in [0.717, 1.165) is 5.56 Å². The maximum atomic E-state index is 11.2. The number of halogens is 1. The molecule has 1 N–H and O–H groups in total. The second-order valence-corrected chi connectivity index (χ2v) is 3.62. The third-order valence-corrected chi connectivity index (χ3v) is 2.06. The van der Waals surface area contributed by atoms with Crippen LogP contribution < -0.4 is 5.32 Å². The highest BCUT2D eigenvalue weighted by Gasteiger charge is 2.03.